The smallest absolute Gasteiger partial charge is 0.330 e. The molecule has 0 atom stereocenters. The van der Waals surface area contributed by atoms with Crippen molar-refractivity contribution in [1.82, 2.24) is 0 Å². The van der Waals surface area contributed by atoms with E-state index in [-0.39, 0.29) is 19.0 Å². The molecule has 0 aromatic heterocycles. The normalized spacial score (nSPS) is 9.52. The number of rotatable bonds is 6. The van der Waals surface area contributed by atoms with Gasteiger partial charge in [-0.25, -0.2) is 4.79 Å². The van der Waals surface area contributed by atoms with Crippen LogP contribution in [-0.4, -0.2) is 11.9 Å². The van der Waals surface area contributed by atoms with Crippen molar-refractivity contribution in [3.63, 3.8) is 0 Å². The maximum absolute atomic E-state index is 11.4. The Bertz CT molecular complexity index is 912. The second kappa shape index (κ2) is 9.79. The van der Waals surface area contributed by atoms with Gasteiger partial charge in [0.05, 0.1) is 12.7 Å². The topological polar surface area (TPSA) is 52.6 Å². The monoisotopic (exact) mass is 360 g/mol. The van der Waals surface area contributed by atoms with Gasteiger partial charge in [0.1, 0.15) is 6.61 Å². The Morgan fingerprint density at radius 3 is 2.37 bits per heavy atom. The molecule has 0 saturated carbocycles. The summed E-state index contributed by atoms with van der Waals surface area (Å²) in [5, 5.41) is 0. The molecule has 2 aromatic carbocycles. The Balaban J connectivity index is 2.04. The van der Waals surface area contributed by atoms with Gasteiger partial charge in [0, 0.05) is 17.2 Å². The number of hydrogen-bond acceptors (Lipinski definition) is 4. The van der Waals surface area contributed by atoms with Crippen molar-refractivity contribution in [3.05, 3.63) is 95.8 Å². The molecule has 0 aliphatic rings. The molecule has 0 bridgehead atoms. The minimum Gasteiger partial charge on any atom is -0.458 e. The molecule has 2 rings (SSSR count). The molecule has 2 aromatic rings. The number of ether oxygens (including phenoxy) is 2. The van der Waals surface area contributed by atoms with Crippen LogP contribution in [0.2, 0.25) is 0 Å². The summed E-state index contributed by atoms with van der Waals surface area (Å²) in [6, 6.07) is 13.1. The van der Waals surface area contributed by atoms with Crippen LogP contribution in [-0.2, 0) is 32.1 Å². The zero-order chi connectivity index (χ0) is 19.6. The third kappa shape index (κ3) is 6.33. The van der Waals surface area contributed by atoms with E-state index in [2.05, 4.69) is 25.0 Å². The Kier molecular flexibility index (Phi) is 7.16. The summed E-state index contributed by atoms with van der Waals surface area (Å²) in [5.74, 6) is 5.44. The number of hydrogen-bond donors (Lipinski definition) is 0. The van der Waals surface area contributed by atoms with Crippen LogP contribution >= 0.6 is 0 Å². The van der Waals surface area contributed by atoms with Crippen LogP contribution in [0.3, 0.4) is 0 Å². The highest BCUT2D eigenvalue weighted by molar-refractivity contribution is 5.81. The predicted molar refractivity (Wildman–Crippen MR) is 104 cm³/mol. The molecule has 0 radical (unpaired) electrons. The summed E-state index contributed by atoms with van der Waals surface area (Å²) in [6.45, 7) is 8.88. The third-order valence-electron chi connectivity index (χ3n) is 3.70. The lowest BCUT2D eigenvalue weighted by molar-refractivity contribution is -0.139. The van der Waals surface area contributed by atoms with Crippen molar-refractivity contribution >= 4 is 11.9 Å². The van der Waals surface area contributed by atoms with E-state index < -0.39 is 5.97 Å². The van der Waals surface area contributed by atoms with E-state index in [1.807, 2.05) is 49.4 Å². The average Bonchev–Trinajstić information content (AvgIpc) is 2.66. The maximum atomic E-state index is 11.4. The summed E-state index contributed by atoms with van der Waals surface area (Å²) >= 11 is 0. The zero-order valence-electron chi connectivity index (χ0n) is 15.2. The van der Waals surface area contributed by atoms with Crippen LogP contribution in [0.4, 0.5) is 0 Å². The molecule has 0 saturated heterocycles. The molecule has 0 aliphatic carbocycles. The van der Waals surface area contributed by atoms with Crippen molar-refractivity contribution in [2.75, 3.05) is 0 Å². The number of esters is 2. The van der Waals surface area contributed by atoms with Gasteiger partial charge in [0.25, 0.3) is 0 Å². The summed E-state index contributed by atoms with van der Waals surface area (Å²) < 4.78 is 9.73. The fourth-order valence-electron chi connectivity index (χ4n) is 2.32. The highest BCUT2D eigenvalue weighted by Gasteiger charge is 2.03. The fraction of sp³-hybridized carbons (Fsp3) is 0.130. The highest BCUT2D eigenvalue weighted by Crippen LogP contribution is 2.12. The molecule has 4 heteroatoms. The minimum absolute atomic E-state index is 0.191. The average molecular weight is 360 g/mol. The first kappa shape index (κ1) is 19.7. The van der Waals surface area contributed by atoms with E-state index in [4.69, 9.17) is 9.47 Å². The summed E-state index contributed by atoms with van der Waals surface area (Å²) in [6.07, 6.45) is 2.45. The summed E-state index contributed by atoms with van der Waals surface area (Å²) in [7, 11) is 0. The van der Waals surface area contributed by atoms with Gasteiger partial charge in [-0.2, -0.15) is 0 Å². The van der Waals surface area contributed by atoms with Crippen LogP contribution < -0.4 is 0 Å². The molecule has 0 fully saturated rings. The second-order valence-electron chi connectivity index (χ2n) is 5.74. The Morgan fingerprint density at radius 1 is 1.04 bits per heavy atom. The van der Waals surface area contributed by atoms with Gasteiger partial charge in [-0.3, -0.25) is 4.79 Å². The van der Waals surface area contributed by atoms with E-state index in [1.165, 1.54) is 0 Å². The third-order valence-corrected chi connectivity index (χ3v) is 3.70. The molecule has 0 amide bonds. The zero-order valence-corrected chi connectivity index (χ0v) is 15.2. The van der Waals surface area contributed by atoms with Gasteiger partial charge in [0.15, 0.2) is 0 Å². The van der Waals surface area contributed by atoms with Gasteiger partial charge in [-0.1, -0.05) is 49.3 Å². The van der Waals surface area contributed by atoms with Crippen LogP contribution in [0.15, 0.2) is 68.0 Å². The Hall–Kier alpha value is -3.58. The van der Waals surface area contributed by atoms with E-state index in [0.29, 0.717) is 0 Å². The number of carbonyl (C=O) groups is 2. The van der Waals surface area contributed by atoms with Crippen molar-refractivity contribution in [3.8, 4) is 11.8 Å². The highest BCUT2D eigenvalue weighted by atomic mass is 16.5. The molecule has 27 heavy (non-hydrogen) atoms. The first-order valence-electron chi connectivity index (χ1n) is 8.32. The van der Waals surface area contributed by atoms with E-state index >= 15 is 0 Å². The SMILES string of the molecule is C=COC(=O)Cc1ccc(C#Cc2ccc(COC(=O)C=C)cc2C)cc1. The number of benzene rings is 2. The number of aryl methyl sites for hydroxylation is 1. The van der Waals surface area contributed by atoms with Crippen LogP contribution in [0.25, 0.3) is 0 Å². The first-order chi connectivity index (χ1) is 13.0. The Labute approximate surface area is 159 Å². The van der Waals surface area contributed by atoms with Crippen molar-refractivity contribution in [2.45, 2.75) is 20.0 Å². The van der Waals surface area contributed by atoms with E-state index in [9.17, 15) is 9.59 Å². The van der Waals surface area contributed by atoms with E-state index in [1.54, 1.807) is 0 Å². The molecular weight excluding hydrogens is 340 g/mol. The molecule has 4 nitrogen and oxygen atoms in total. The quantitative estimate of drug-likeness (QED) is 0.340. The van der Waals surface area contributed by atoms with Crippen molar-refractivity contribution in [1.29, 1.82) is 0 Å². The minimum atomic E-state index is -0.447. The molecular formula is C23H20O4. The first-order valence-corrected chi connectivity index (χ1v) is 8.32. The van der Waals surface area contributed by atoms with Crippen LogP contribution in [0, 0.1) is 18.8 Å². The summed E-state index contributed by atoms with van der Waals surface area (Å²) in [5.41, 5.74) is 4.48. The van der Waals surface area contributed by atoms with E-state index in [0.717, 1.165) is 40.2 Å². The fourth-order valence-corrected chi connectivity index (χ4v) is 2.32. The van der Waals surface area contributed by atoms with Crippen molar-refractivity contribution < 1.29 is 19.1 Å². The van der Waals surface area contributed by atoms with Gasteiger partial charge in [-0.15, -0.1) is 0 Å². The molecule has 0 N–H and O–H groups in total. The lowest BCUT2D eigenvalue weighted by Gasteiger charge is -2.05. The molecule has 0 aliphatic heterocycles. The molecule has 0 heterocycles. The maximum Gasteiger partial charge on any atom is 0.330 e. The predicted octanol–water partition coefficient (Wildman–Crippen LogP) is 3.85. The Morgan fingerprint density at radius 2 is 1.74 bits per heavy atom. The summed E-state index contributed by atoms with van der Waals surface area (Å²) in [4.78, 5) is 22.5. The van der Waals surface area contributed by atoms with Gasteiger partial charge in [0.2, 0.25) is 0 Å². The molecule has 0 spiro atoms. The lowest BCUT2D eigenvalue weighted by Crippen LogP contribution is -2.03. The van der Waals surface area contributed by atoms with Gasteiger partial charge in [-0.05, 0) is 41.8 Å². The van der Waals surface area contributed by atoms with Crippen LogP contribution in [0.1, 0.15) is 27.8 Å². The lowest BCUT2D eigenvalue weighted by atomic mass is 10.0. The van der Waals surface area contributed by atoms with Gasteiger partial charge >= 0.3 is 11.9 Å². The number of carbonyl (C=O) groups excluding carboxylic acids is 2. The largest absolute Gasteiger partial charge is 0.458 e. The van der Waals surface area contributed by atoms with Crippen LogP contribution in [0.5, 0.6) is 0 Å². The standard InChI is InChI=1S/C23H20O4/c1-4-22(24)27-16-20-11-13-21(17(3)14-20)12-10-18-6-8-19(9-7-18)15-23(25)26-5-2/h4-9,11,13-14H,1-2,15-16H2,3H3. The molecule has 136 valence electrons. The van der Waals surface area contributed by atoms with Crippen molar-refractivity contribution in [2.24, 2.45) is 0 Å². The second-order valence-corrected chi connectivity index (χ2v) is 5.74. The van der Waals surface area contributed by atoms with Gasteiger partial charge < -0.3 is 9.47 Å². The molecule has 0 unspecified atom stereocenters.